The molecule has 26 heavy (non-hydrogen) atoms. The predicted octanol–water partition coefficient (Wildman–Crippen LogP) is 2.52. The Bertz CT molecular complexity index is 1010. The summed E-state index contributed by atoms with van der Waals surface area (Å²) in [5, 5.41) is 17.1. The Morgan fingerprint density at radius 3 is 2.69 bits per heavy atom. The van der Waals surface area contributed by atoms with Crippen LogP contribution in [0, 0.1) is 6.92 Å². The Kier molecular flexibility index (Phi) is 4.62. The molecule has 1 heterocycles. The SMILES string of the molecule is COc1cc(C(=O)NCc2ccc(C(=O)O)c(C)c2)cc2cn(C)nc12. The lowest BCUT2D eigenvalue weighted by atomic mass is 10.0. The summed E-state index contributed by atoms with van der Waals surface area (Å²) in [6, 6.07) is 8.42. The standard InChI is InChI=1S/C19H19N3O4/c1-11-6-12(4-5-15(11)19(24)25)9-20-18(23)13-7-14-10-22(2)21-17(14)16(8-13)26-3/h4-8,10H,9H2,1-3H3,(H,20,23)(H,24,25). The van der Waals surface area contributed by atoms with Gasteiger partial charge in [0.15, 0.2) is 0 Å². The van der Waals surface area contributed by atoms with Crippen LogP contribution in [0.25, 0.3) is 10.9 Å². The third-order valence-electron chi connectivity index (χ3n) is 4.14. The first-order chi connectivity index (χ1) is 12.4. The molecule has 0 aliphatic heterocycles. The van der Waals surface area contributed by atoms with Crippen molar-refractivity contribution in [3.8, 4) is 5.75 Å². The van der Waals surface area contributed by atoms with Gasteiger partial charge in [-0.05, 0) is 36.2 Å². The molecule has 0 spiro atoms. The minimum atomic E-state index is -0.963. The van der Waals surface area contributed by atoms with Gasteiger partial charge in [-0.1, -0.05) is 12.1 Å². The summed E-state index contributed by atoms with van der Waals surface area (Å²) in [6.07, 6.45) is 1.82. The smallest absolute Gasteiger partial charge is 0.335 e. The van der Waals surface area contributed by atoms with Crippen molar-refractivity contribution in [2.24, 2.45) is 7.05 Å². The molecule has 0 saturated heterocycles. The first kappa shape index (κ1) is 17.5. The molecule has 1 aromatic heterocycles. The molecule has 2 N–H and O–H groups in total. The third kappa shape index (κ3) is 3.37. The number of fused-ring (bicyclic) bond motifs is 1. The van der Waals surface area contributed by atoms with Crippen molar-refractivity contribution in [3.63, 3.8) is 0 Å². The Balaban J connectivity index is 1.79. The largest absolute Gasteiger partial charge is 0.494 e. The number of carbonyl (C=O) groups is 2. The maximum atomic E-state index is 12.5. The van der Waals surface area contributed by atoms with E-state index in [2.05, 4.69) is 10.4 Å². The second-order valence-electron chi connectivity index (χ2n) is 6.06. The maximum Gasteiger partial charge on any atom is 0.335 e. The van der Waals surface area contributed by atoms with E-state index in [9.17, 15) is 9.59 Å². The first-order valence-corrected chi connectivity index (χ1v) is 8.01. The molecule has 3 aromatic rings. The number of aromatic nitrogens is 2. The lowest BCUT2D eigenvalue weighted by Gasteiger charge is -2.09. The van der Waals surface area contributed by atoms with Gasteiger partial charge >= 0.3 is 5.97 Å². The predicted molar refractivity (Wildman–Crippen MR) is 96.6 cm³/mol. The first-order valence-electron chi connectivity index (χ1n) is 8.01. The maximum absolute atomic E-state index is 12.5. The Morgan fingerprint density at radius 2 is 2.04 bits per heavy atom. The van der Waals surface area contributed by atoms with Crippen LogP contribution in [0.3, 0.4) is 0 Å². The van der Waals surface area contributed by atoms with Gasteiger partial charge in [0.1, 0.15) is 11.3 Å². The topological polar surface area (TPSA) is 93.5 Å². The molecule has 2 aromatic carbocycles. The number of aromatic carboxylic acids is 1. The van der Waals surface area contributed by atoms with Crippen molar-refractivity contribution in [1.29, 1.82) is 0 Å². The number of hydrogen-bond acceptors (Lipinski definition) is 4. The Labute approximate surface area is 150 Å². The number of nitrogens with one attached hydrogen (secondary N) is 1. The van der Waals surface area contributed by atoms with Gasteiger partial charge in [-0.25, -0.2) is 4.79 Å². The molecule has 1 amide bonds. The Hall–Kier alpha value is -3.35. The van der Waals surface area contributed by atoms with Gasteiger partial charge in [-0.2, -0.15) is 5.10 Å². The number of aryl methyl sites for hydroxylation is 2. The van der Waals surface area contributed by atoms with E-state index in [-0.39, 0.29) is 11.5 Å². The number of amides is 1. The average Bonchev–Trinajstić information content (AvgIpc) is 2.98. The number of nitrogens with zero attached hydrogens (tertiary/aromatic N) is 2. The van der Waals surface area contributed by atoms with Crippen molar-refractivity contribution < 1.29 is 19.4 Å². The molecule has 0 radical (unpaired) electrons. The van der Waals surface area contributed by atoms with E-state index in [4.69, 9.17) is 9.84 Å². The highest BCUT2D eigenvalue weighted by Gasteiger charge is 2.14. The van der Waals surface area contributed by atoms with Gasteiger partial charge in [0.25, 0.3) is 5.91 Å². The van der Waals surface area contributed by atoms with E-state index in [0.29, 0.717) is 28.9 Å². The highest BCUT2D eigenvalue weighted by molar-refractivity contribution is 5.99. The van der Waals surface area contributed by atoms with Crippen LogP contribution in [0.1, 0.15) is 31.8 Å². The summed E-state index contributed by atoms with van der Waals surface area (Å²) in [7, 11) is 3.35. The summed E-state index contributed by atoms with van der Waals surface area (Å²) in [6.45, 7) is 2.03. The number of ether oxygens (including phenoxy) is 1. The van der Waals surface area contributed by atoms with Crippen LogP contribution in [0.5, 0.6) is 5.75 Å². The van der Waals surface area contributed by atoms with Gasteiger partial charge in [-0.15, -0.1) is 0 Å². The van der Waals surface area contributed by atoms with Gasteiger partial charge in [0.05, 0.1) is 12.7 Å². The lowest BCUT2D eigenvalue weighted by molar-refractivity contribution is 0.0695. The molecule has 134 valence electrons. The van der Waals surface area contributed by atoms with Crippen molar-refractivity contribution in [2.75, 3.05) is 7.11 Å². The monoisotopic (exact) mass is 353 g/mol. The van der Waals surface area contributed by atoms with Crippen LogP contribution in [0.15, 0.2) is 36.5 Å². The Morgan fingerprint density at radius 1 is 1.27 bits per heavy atom. The molecule has 0 aliphatic carbocycles. The second kappa shape index (κ2) is 6.87. The number of carboxylic acid groups (broad SMARTS) is 1. The van der Waals surface area contributed by atoms with E-state index in [1.54, 1.807) is 41.9 Å². The van der Waals surface area contributed by atoms with Crippen molar-refractivity contribution >= 4 is 22.8 Å². The van der Waals surface area contributed by atoms with Gasteiger partial charge in [-0.3, -0.25) is 9.48 Å². The number of methoxy groups -OCH3 is 1. The molecule has 0 bridgehead atoms. The zero-order valence-electron chi connectivity index (χ0n) is 14.7. The summed E-state index contributed by atoms with van der Waals surface area (Å²) >= 11 is 0. The molecule has 7 heteroatoms. The molecular formula is C19H19N3O4. The van der Waals surface area contributed by atoms with Crippen molar-refractivity contribution in [2.45, 2.75) is 13.5 Å². The number of carbonyl (C=O) groups excluding carboxylic acids is 1. The fraction of sp³-hybridized carbons (Fsp3) is 0.211. The molecule has 0 fully saturated rings. The van der Waals surface area contributed by atoms with Crippen LogP contribution >= 0.6 is 0 Å². The lowest BCUT2D eigenvalue weighted by Crippen LogP contribution is -2.23. The van der Waals surface area contributed by atoms with Crippen LogP contribution in [0.4, 0.5) is 0 Å². The van der Waals surface area contributed by atoms with Gasteiger partial charge in [0.2, 0.25) is 0 Å². The average molecular weight is 353 g/mol. The third-order valence-corrected chi connectivity index (χ3v) is 4.14. The molecule has 0 unspecified atom stereocenters. The number of hydrogen-bond donors (Lipinski definition) is 2. The van der Waals surface area contributed by atoms with Crippen LogP contribution in [0.2, 0.25) is 0 Å². The van der Waals surface area contributed by atoms with E-state index in [1.165, 1.54) is 7.11 Å². The fourth-order valence-electron chi connectivity index (χ4n) is 2.87. The van der Waals surface area contributed by atoms with E-state index in [0.717, 1.165) is 10.9 Å². The number of benzene rings is 2. The van der Waals surface area contributed by atoms with Crippen LogP contribution in [-0.2, 0) is 13.6 Å². The quantitative estimate of drug-likeness (QED) is 0.735. The normalized spacial score (nSPS) is 10.7. The summed E-state index contributed by atoms with van der Waals surface area (Å²) < 4.78 is 7.00. The number of rotatable bonds is 5. The summed E-state index contributed by atoms with van der Waals surface area (Å²) in [5.41, 5.74) is 2.91. The van der Waals surface area contributed by atoms with Crippen LogP contribution < -0.4 is 10.1 Å². The molecular weight excluding hydrogens is 334 g/mol. The zero-order chi connectivity index (χ0) is 18.8. The van der Waals surface area contributed by atoms with E-state index in [1.807, 2.05) is 13.2 Å². The molecule has 7 nitrogen and oxygen atoms in total. The summed E-state index contributed by atoms with van der Waals surface area (Å²) in [4.78, 5) is 23.6. The highest BCUT2D eigenvalue weighted by atomic mass is 16.5. The van der Waals surface area contributed by atoms with Crippen LogP contribution in [-0.4, -0.2) is 33.9 Å². The fourth-order valence-corrected chi connectivity index (χ4v) is 2.87. The number of carboxylic acids is 1. The molecule has 0 aliphatic rings. The van der Waals surface area contributed by atoms with Crippen molar-refractivity contribution in [1.82, 2.24) is 15.1 Å². The molecule has 0 saturated carbocycles. The minimum absolute atomic E-state index is 0.242. The summed E-state index contributed by atoms with van der Waals surface area (Å²) in [5.74, 6) is -0.668. The second-order valence-corrected chi connectivity index (χ2v) is 6.06. The van der Waals surface area contributed by atoms with Gasteiger partial charge in [0, 0.05) is 30.7 Å². The highest BCUT2D eigenvalue weighted by Crippen LogP contribution is 2.26. The van der Waals surface area contributed by atoms with E-state index >= 15 is 0 Å². The minimum Gasteiger partial charge on any atom is -0.494 e. The van der Waals surface area contributed by atoms with Crippen molar-refractivity contribution in [3.05, 3.63) is 58.8 Å². The van der Waals surface area contributed by atoms with Gasteiger partial charge < -0.3 is 15.2 Å². The zero-order valence-corrected chi connectivity index (χ0v) is 14.7. The molecule has 3 rings (SSSR count). The molecule has 0 atom stereocenters. The van der Waals surface area contributed by atoms with E-state index < -0.39 is 5.97 Å².